The lowest BCUT2D eigenvalue weighted by Crippen LogP contribution is -2.52. The fraction of sp³-hybridized carbons (Fsp3) is 0.911. The summed E-state index contributed by atoms with van der Waals surface area (Å²) in [5, 5.41) is 124. The summed E-state index contributed by atoms with van der Waals surface area (Å²) in [6.45, 7) is 9.01. The summed E-state index contributed by atoms with van der Waals surface area (Å²) in [4.78, 5) is 65.2. The van der Waals surface area contributed by atoms with Gasteiger partial charge in [-0.15, -0.1) is 0 Å². The van der Waals surface area contributed by atoms with Crippen LogP contribution in [0.2, 0.25) is 0 Å². The third kappa shape index (κ3) is 36.9. The topological polar surface area (TPSA) is 365 Å². The van der Waals surface area contributed by atoms with E-state index in [0.717, 1.165) is 70.6 Å². The van der Waals surface area contributed by atoms with Gasteiger partial charge in [-0.1, -0.05) is 105 Å². The fourth-order valence-corrected chi connectivity index (χ4v) is 9.05. The van der Waals surface area contributed by atoms with E-state index in [1.54, 1.807) is 0 Å². The molecule has 77 heavy (non-hydrogen) atoms. The summed E-state index contributed by atoms with van der Waals surface area (Å²) in [6.07, 6.45) is -10.5. The van der Waals surface area contributed by atoms with Crippen LogP contribution in [0.1, 0.15) is 227 Å². The molecule has 15 unspecified atom stereocenters. The third-order valence-corrected chi connectivity index (χ3v) is 13.5. The molecule has 0 aliphatic rings. The van der Waals surface area contributed by atoms with Crippen molar-refractivity contribution in [1.29, 1.82) is 0 Å². The number of unbranched alkanes of at least 4 members (excludes halogenated alkanes) is 10. The second-order valence-electron chi connectivity index (χ2n) is 21.2. The number of ether oxygens (including phenoxy) is 4. The third-order valence-electron chi connectivity index (χ3n) is 13.5. The zero-order chi connectivity index (χ0) is 58.3. The Bertz CT molecular complexity index is 1540. The van der Waals surface area contributed by atoms with E-state index in [1.165, 1.54) is 0 Å². The molecule has 12 N–H and O–H groups in total. The summed E-state index contributed by atoms with van der Waals surface area (Å²) in [7, 11) is 0. The van der Waals surface area contributed by atoms with Gasteiger partial charge >= 0.3 is 23.9 Å². The smallest absolute Gasteiger partial charge is 0.308 e. The van der Waals surface area contributed by atoms with Gasteiger partial charge in [0.25, 0.3) is 0 Å². The van der Waals surface area contributed by atoms with Gasteiger partial charge in [0.05, 0.1) is 68.9 Å². The lowest BCUT2D eigenvalue weighted by Gasteiger charge is -2.28. The highest BCUT2D eigenvalue weighted by Crippen LogP contribution is 2.23. The van der Waals surface area contributed by atoms with E-state index in [0.29, 0.717) is 51.4 Å². The van der Waals surface area contributed by atoms with Gasteiger partial charge < -0.3 is 80.2 Å². The molecule has 0 amide bonds. The minimum absolute atomic E-state index is 0.0377. The van der Waals surface area contributed by atoms with Crippen LogP contribution in [0.5, 0.6) is 0 Å². The summed E-state index contributed by atoms with van der Waals surface area (Å²) in [6, 6.07) is 0. The molecular weight excluding hydrogens is 1010 g/mol. The van der Waals surface area contributed by atoms with Gasteiger partial charge in [-0.2, -0.15) is 0 Å². The lowest BCUT2D eigenvalue weighted by molar-refractivity contribution is -0.158. The standard InChI is InChI=1S/C56H104O21/c1-6-11-16-21-37(58)26-38(59)32-49(66)75-44(23-18-13-8-3)28-40(61)34-51(68)77-46(25-20-15-10-5)30-42(63)35-52(69)76-45(24-19-14-9-4)29-41(62)33-50(67)74-43(22-17-12-7-2)27-39(60)31-47(64)53(70)55(72)56(73)54(71)48(65)36-57/h37-46,48,53-63,65,70-73H,6-36H2,1-5H3. The number of Topliss-reactive ketones (excluding diaryl/α,β-unsaturated/α-hetero) is 1. The maximum Gasteiger partial charge on any atom is 0.308 e. The van der Waals surface area contributed by atoms with Crippen molar-refractivity contribution < 1.29 is 104 Å². The predicted octanol–water partition coefficient (Wildman–Crippen LogP) is 3.97. The SMILES string of the molecule is CCCCCC(O)CC(O)CC(=O)OC(CCCCC)CC(O)CC(=O)OC(CCCCC)CC(O)CC(=O)OC(CCCCC)CC(O)CC(=O)OC(CCCCC)CC(O)CC(=O)C(O)C(O)C(O)C(O)C(O)CO. The van der Waals surface area contributed by atoms with Crippen LogP contribution in [0.25, 0.3) is 0 Å². The summed E-state index contributed by atoms with van der Waals surface area (Å²) in [5.74, 6) is -4.16. The quantitative estimate of drug-likeness (QED) is 0.0233. The monoisotopic (exact) mass is 1110 g/mol. The molecule has 0 saturated carbocycles. The highest BCUT2D eigenvalue weighted by molar-refractivity contribution is 5.84. The molecule has 0 aromatic carbocycles. The van der Waals surface area contributed by atoms with E-state index in [4.69, 9.17) is 24.1 Å². The number of ketones is 1. The molecule has 0 aromatic heterocycles. The lowest BCUT2D eigenvalue weighted by atomic mass is 9.94. The summed E-state index contributed by atoms with van der Waals surface area (Å²) in [5.41, 5.74) is 0. The molecule has 0 radical (unpaired) electrons. The average molecular weight is 1110 g/mol. The largest absolute Gasteiger partial charge is 0.462 e. The van der Waals surface area contributed by atoms with Crippen molar-refractivity contribution in [3.63, 3.8) is 0 Å². The van der Waals surface area contributed by atoms with E-state index >= 15 is 0 Å². The van der Waals surface area contributed by atoms with Crippen molar-refractivity contribution in [2.75, 3.05) is 6.61 Å². The molecule has 15 atom stereocenters. The van der Waals surface area contributed by atoms with Crippen LogP contribution in [0.15, 0.2) is 0 Å². The van der Waals surface area contributed by atoms with Crippen LogP contribution in [0.4, 0.5) is 0 Å². The summed E-state index contributed by atoms with van der Waals surface area (Å²) < 4.78 is 22.8. The molecule has 0 fully saturated rings. The number of carbonyl (C=O) groups excluding carboxylic acids is 5. The second-order valence-corrected chi connectivity index (χ2v) is 21.2. The molecule has 0 saturated heterocycles. The van der Waals surface area contributed by atoms with Crippen LogP contribution in [0, 0.1) is 0 Å². The fourth-order valence-electron chi connectivity index (χ4n) is 9.05. The highest BCUT2D eigenvalue weighted by Gasteiger charge is 2.38. The van der Waals surface area contributed by atoms with Gasteiger partial charge in [-0.3, -0.25) is 24.0 Å². The minimum Gasteiger partial charge on any atom is -0.462 e. The van der Waals surface area contributed by atoms with E-state index in [2.05, 4.69) is 0 Å². The Morgan fingerprint density at radius 1 is 0.325 bits per heavy atom. The Hall–Kier alpha value is -2.93. The minimum atomic E-state index is -2.28. The molecular formula is C56H104O21. The molecule has 0 aromatic rings. The maximum absolute atomic E-state index is 13.3. The van der Waals surface area contributed by atoms with Crippen molar-refractivity contribution in [1.82, 2.24) is 0 Å². The molecule has 0 heterocycles. The van der Waals surface area contributed by atoms with Crippen LogP contribution in [-0.4, -0.2) is 189 Å². The normalized spacial score (nSPS) is 17.7. The maximum atomic E-state index is 13.3. The first-order chi connectivity index (χ1) is 36.5. The number of esters is 4. The van der Waals surface area contributed by atoms with Crippen molar-refractivity contribution in [2.24, 2.45) is 0 Å². The van der Waals surface area contributed by atoms with E-state index in [9.17, 15) is 80.1 Å². The van der Waals surface area contributed by atoms with Gasteiger partial charge in [-0.05, 0) is 64.2 Å². The zero-order valence-corrected chi connectivity index (χ0v) is 47.1. The van der Waals surface area contributed by atoms with Gasteiger partial charge in [0.15, 0.2) is 5.78 Å². The van der Waals surface area contributed by atoms with Gasteiger partial charge in [0.1, 0.15) is 54.9 Å². The highest BCUT2D eigenvalue weighted by atomic mass is 16.6. The number of aliphatic hydroxyl groups is 12. The van der Waals surface area contributed by atoms with Gasteiger partial charge in [0.2, 0.25) is 0 Å². The predicted molar refractivity (Wildman–Crippen MR) is 285 cm³/mol. The first kappa shape index (κ1) is 74.1. The first-order valence-corrected chi connectivity index (χ1v) is 28.9. The van der Waals surface area contributed by atoms with E-state index < -0.39 is 154 Å². The Balaban J connectivity index is 5.63. The Morgan fingerprint density at radius 2 is 0.597 bits per heavy atom. The van der Waals surface area contributed by atoms with Crippen LogP contribution >= 0.6 is 0 Å². The Labute approximate surface area is 458 Å². The van der Waals surface area contributed by atoms with Crippen molar-refractivity contribution >= 4 is 29.7 Å². The Morgan fingerprint density at radius 3 is 0.883 bits per heavy atom. The molecule has 0 aliphatic heterocycles. The van der Waals surface area contributed by atoms with Crippen molar-refractivity contribution in [3.8, 4) is 0 Å². The molecule has 0 spiro atoms. The number of rotatable bonds is 50. The molecule has 21 nitrogen and oxygen atoms in total. The number of carbonyl (C=O) groups is 5. The van der Waals surface area contributed by atoms with Crippen molar-refractivity contribution in [2.45, 2.75) is 319 Å². The van der Waals surface area contributed by atoms with Gasteiger partial charge in [0, 0.05) is 32.1 Å². The average Bonchev–Trinajstić information content (AvgIpc) is 3.34. The van der Waals surface area contributed by atoms with Crippen molar-refractivity contribution in [3.05, 3.63) is 0 Å². The van der Waals surface area contributed by atoms with Crippen LogP contribution < -0.4 is 0 Å². The zero-order valence-electron chi connectivity index (χ0n) is 47.1. The Kier molecular flexibility index (Phi) is 43.1. The number of hydrogen-bond acceptors (Lipinski definition) is 21. The first-order valence-electron chi connectivity index (χ1n) is 28.9. The second kappa shape index (κ2) is 44.8. The number of aliphatic hydroxyl groups excluding tert-OH is 12. The molecule has 0 bridgehead atoms. The van der Waals surface area contributed by atoms with Crippen LogP contribution in [-0.2, 0) is 42.9 Å². The molecule has 21 heteroatoms. The molecule has 0 rings (SSSR count). The van der Waals surface area contributed by atoms with E-state index in [-0.39, 0.29) is 44.9 Å². The number of hydrogen-bond donors (Lipinski definition) is 12. The summed E-state index contributed by atoms with van der Waals surface area (Å²) >= 11 is 0. The van der Waals surface area contributed by atoms with Crippen LogP contribution in [0.3, 0.4) is 0 Å². The van der Waals surface area contributed by atoms with E-state index in [1.807, 2.05) is 34.6 Å². The van der Waals surface area contributed by atoms with Gasteiger partial charge in [-0.25, -0.2) is 0 Å². The molecule has 454 valence electrons. The molecule has 0 aliphatic carbocycles.